The highest BCUT2D eigenvalue weighted by atomic mass is 32.1. The quantitative estimate of drug-likeness (QED) is 0.690. The van der Waals surface area contributed by atoms with Crippen molar-refractivity contribution in [3.05, 3.63) is 48.4 Å². The first-order valence-electron chi connectivity index (χ1n) is 6.50. The number of hydrogen-bond donors (Lipinski definition) is 0. The van der Waals surface area contributed by atoms with Crippen molar-refractivity contribution in [3.8, 4) is 11.3 Å². The van der Waals surface area contributed by atoms with Crippen LogP contribution in [0.5, 0.6) is 0 Å². The summed E-state index contributed by atoms with van der Waals surface area (Å²) in [5.41, 5.74) is 2.76. The molecule has 3 aromatic rings. The molecule has 6 heteroatoms. The van der Waals surface area contributed by atoms with E-state index >= 15 is 0 Å². The van der Waals surface area contributed by atoms with Crippen molar-refractivity contribution in [1.29, 1.82) is 0 Å². The van der Waals surface area contributed by atoms with Crippen LogP contribution in [0.25, 0.3) is 16.2 Å². The Morgan fingerprint density at radius 3 is 2.71 bits per heavy atom. The van der Waals surface area contributed by atoms with Gasteiger partial charge in [-0.15, -0.1) is 5.10 Å². The van der Waals surface area contributed by atoms with Crippen LogP contribution in [0.3, 0.4) is 0 Å². The Hall–Kier alpha value is -2.21. The van der Waals surface area contributed by atoms with Gasteiger partial charge in [-0.25, -0.2) is 13.9 Å². The molecular formula is C15H15FN4S. The van der Waals surface area contributed by atoms with Gasteiger partial charge in [-0.1, -0.05) is 23.5 Å². The van der Waals surface area contributed by atoms with Gasteiger partial charge in [-0.3, -0.25) is 0 Å². The molecule has 0 saturated carbocycles. The smallest absolute Gasteiger partial charge is 0.214 e. The molecule has 2 aromatic heterocycles. The van der Waals surface area contributed by atoms with Crippen molar-refractivity contribution in [1.82, 2.24) is 14.6 Å². The lowest BCUT2D eigenvalue weighted by Gasteiger charge is -2.14. The SMILES string of the molecule is C=C(C)CN(C)c1nn2cc(-c3ccc(F)cc3)nc2s1. The maximum absolute atomic E-state index is 12.9. The van der Waals surface area contributed by atoms with Crippen LogP contribution in [0.4, 0.5) is 9.52 Å². The third-order valence-electron chi connectivity index (χ3n) is 3.01. The number of fused-ring (bicyclic) bond motifs is 1. The molecule has 108 valence electrons. The van der Waals surface area contributed by atoms with Crippen molar-refractivity contribution in [2.75, 3.05) is 18.5 Å². The predicted molar refractivity (Wildman–Crippen MR) is 84.3 cm³/mol. The minimum atomic E-state index is -0.249. The Balaban J connectivity index is 1.90. The lowest BCUT2D eigenvalue weighted by atomic mass is 10.2. The molecule has 21 heavy (non-hydrogen) atoms. The third kappa shape index (κ3) is 2.80. The van der Waals surface area contributed by atoms with E-state index < -0.39 is 0 Å². The van der Waals surface area contributed by atoms with Crippen molar-refractivity contribution in [2.45, 2.75) is 6.92 Å². The van der Waals surface area contributed by atoms with E-state index in [0.717, 1.165) is 33.5 Å². The van der Waals surface area contributed by atoms with Gasteiger partial charge >= 0.3 is 0 Å². The molecular weight excluding hydrogens is 287 g/mol. The van der Waals surface area contributed by atoms with Crippen LogP contribution in [0.15, 0.2) is 42.6 Å². The molecule has 0 aliphatic rings. The number of imidazole rings is 1. The molecule has 0 atom stereocenters. The van der Waals surface area contributed by atoms with E-state index in [1.807, 2.05) is 25.1 Å². The standard InChI is InChI=1S/C15H15FN4S/c1-10(2)8-19(3)15-18-20-9-13(17-14(20)21-15)11-4-6-12(16)7-5-11/h4-7,9H,1,8H2,2-3H3. The maximum Gasteiger partial charge on any atom is 0.214 e. The number of anilines is 1. The first kappa shape index (κ1) is 13.8. The number of nitrogens with zero attached hydrogens (tertiary/aromatic N) is 4. The van der Waals surface area contributed by atoms with Crippen LogP contribution in [-0.4, -0.2) is 28.2 Å². The second-order valence-corrected chi connectivity index (χ2v) is 5.99. The number of likely N-dealkylation sites (N-methyl/N-ethyl adjacent to an activating group) is 1. The molecule has 0 saturated heterocycles. The minimum absolute atomic E-state index is 0.249. The summed E-state index contributed by atoms with van der Waals surface area (Å²) in [5.74, 6) is -0.249. The number of rotatable bonds is 4. The summed E-state index contributed by atoms with van der Waals surface area (Å²) >= 11 is 1.52. The van der Waals surface area contributed by atoms with E-state index in [0.29, 0.717) is 0 Å². The molecule has 0 N–H and O–H groups in total. The van der Waals surface area contributed by atoms with E-state index in [-0.39, 0.29) is 5.82 Å². The van der Waals surface area contributed by atoms with Crippen molar-refractivity contribution in [3.63, 3.8) is 0 Å². The van der Waals surface area contributed by atoms with Crippen LogP contribution in [0, 0.1) is 5.82 Å². The minimum Gasteiger partial charge on any atom is -0.346 e. The van der Waals surface area contributed by atoms with Crippen molar-refractivity contribution in [2.24, 2.45) is 0 Å². The first-order valence-corrected chi connectivity index (χ1v) is 7.32. The Labute approximate surface area is 126 Å². The zero-order chi connectivity index (χ0) is 15.0. The molecule has 0 fully saturated rings. The Morgan fingerprint density at radius 1 is 1.38 bits per heavy atom. The fraction of sp³-hybridized carbons (Fsp3) is 0.200. The number of hydrogen-bond acceptors (Lipinski definition) is 4. The van der Waals surface area contributed by atoms with Crippen LogP contribution in [0.1, 0.15) is 6.92 Å². The molecule has 2 heterocycles. The monoisotopic (exact) mass is 302 g/mol. The molecule has 0 aliphatic carbocycles. The lowest BCUT2D eigenvalue weighted by Crippen LogP contribution is -2.18. The van der Waals surface area contributed by atoms with Gasteiger partial charge in [-0.2, -0.15) is 0 Å². The van der Waals surface area contributed by atoms with Gasteiger partial charge in [0.25, 0.3) is 0 Å². The van der Waals surface area contributed by atoms with Gasteiger partial charge in [0, 0.05) is 19.2 Å². The highest BCUT2D eigenvalue weighted by Crippen LogP contribution is 2.26. The predicted octanol–water partition coefficient (Wildman–Crippen LogP) is 3.61. The average Bonchev–Trinajstić information content (AvgIpc) is 2.96. The second-order valence-electron chi connectivity index (χ2n) is 5.06. The van der Waals surface area contributed by atoms with Gasteiger partial charge in [0.1, 0.15) is 5.82 Å². The molecule has 0 unspecified atom stereocenters. The normalized spacial score (nSPS) is 11.0. The molecule has 0 spiro atoms. The molecule has 0 radical (unpaired) electrons. The van der Waals surface area contributed by atoms with E-state index in [2.05, 4.69) is 16.7 Å². The van der Waals surface area contributed by atoms with E-state index in [1.165, 1.54) is 23.5 Å². The highest BCUT2D eigenvalue weighted by Gasteiger charge is 2.12. The Kier molecular flexibility index (Phi) is 3.47. The Morgan fingerprint density at radius 2 is 2.10 bits per heavy atom. The maximum atomic E-state index is 12.9. The number of aromatic nitrogens is 3. The summed E-state index contributed by atoms with van der Waals surface area (Å²) in [6.45, 7) is 6.66. The molecule has 3 rings (SSSR count). The van der Waals surface area contributed by atoms with E-state index in [1.54, 1.807) is 16.6 Å². The average molecular weight is 302 g/mol. The topological polar surface area (TPSA) is 33.4 Å². The van der Waals surface area contributed by atoms with Gasteiger partial charge in [0.2, 0.25) is 10.1 Å². The second kappa shape index (κ2) is 5.29. The summed E-state index contributed by atoms with van der Waals surface area (Å²) in [7, 11) is 1.98. The van der Waals surface area contributed by atoms with Gasteiger partial charge < -0.3 is 4.90 Å². The molecule has 4 nitrogen and oxygen atoms in total. The zero-order valence-corrected chi connectivity index (χ0v) is 12.7. The van der Waals surface area contributed by atoms with Crippen LogP contribution in [-0.2, 0) is 0 Å². The van der Waals surface area contributed by atoms with Crippen LogP contribution in [0.2, 0.25) is 0 Å². The van der Waals surface area contributed by atoms with Gasteiger partial charge in [0.05, 0.1) is 11.9 Å². The molecule has 0 aliphatic heterocycles. The zero-order valence-electron chi connectivity index (χ0n) is 11.9. The summed E-state index contributed by atoms with van der Waals surface area (Å²) in [5, 5.41) is 5.41. The fourth-order valence-corrected chi connectivity index (χ4v) is 2.92. The van der Waals surface area contributed by atoms with Crippen LogP contribution >= 0.6 is 11.3 Å². The van der Waals surface area contributed by atoms with E-state index in [9.17, 15) is 4.39 Å². The van der Waals surface area contributed by atoms with Gasteiger partial charge in [0.15, 0.2) is 0 Å². The summed E-state index contributed by atoms with van der Waals surface area (Å²) < 4.78 is 14.7. The molecule has 0 bridgehead atoms. The Bertz CT molecular complexity index is 756. The summed E-state index contributed by atoms with van der Waals surface area (Å²) in [6.07, 6.45) is 1.86. The van der Waals surface area contributed by atoms with Crippen molar-refractivity contribution >= 4 is 21.4 Å². The number of halogens is 1. The van der Waals surface area contributed by atoms with Gasteiger partial charge in [-0.05, 0) is 31.2 Å². The summed E-state index contributed by atoms with van der Waals surface area (Å²) in [4.78, 5) is 7.40. The molecule has 0 amide bonds. The van der Waals surface area contributed by atoms with E-state index in [4.69, 9.17) is 0 Å². The fourth-order valence-electron chi connectivity index (χ4n) is 2.08. The largest absolute Gasteiger partial charge is 0.346 e. The summed E-state index contributed by atoms with van der Waals surface area (Å²) in [6, 6.07) is 6.30. The first-order chi connectivity index (χ1) is 10.0. The van der Waals surface area contributed by atoms with Crippen LogP contribution < -0.4 is 4.90 Å². The van der Waals surface area contributed by atoms with Crippen molar-refractivity contribution < 1.29 is 4.39 Å². The molecule has 1 aromatic carbocycles. The number of benzene rings is 1. The highest BCUT2D eigenvalue weighted by molar-refractivity contribution is 7.20. The lowest BCUT2D eigenvalue weighted by molar-refractivity contribution is 0.628. The third-order valence-corrected chi connectivity index (χ3v) is 4.04.